The van der Waals surface area contributed by atoms with Crippen molar-refractivity contribution >= 4 is 15.7 Å². The third-order valence-corrected chi connectivity index (χ3v) is 6.43. The van der Waals surface area contributed by atoms with Gasteiger partial charge in [-0.15, -0.1) is 0 Å². The van der Waals surface area contributed by atoms with Crippen molar-refractivity contribution in [1.29, 1.82) is 0 Å². The number of likely N-dealkylation sites (N-methyl/N-ethyl adjacent to an activating group) is 1. The van der Waals surface area contributed by atoms with E-state index in [1.807, 2.05) is 37.2 Å². The third-order valence-electron chi connectivity index (χ3n) is 4.86. The minimum atomic E-state index is -3.90. The highest BCUT2D eigenvalue weighted by atomic mass is 32.2. The number of benzene rings is 2. The Hall–Kier alpha value is -2.49. The summed E-state index contributed by atoms with van der Waals surface area (Å²) in [6.07, 6.45) is 0.835. The van der Waals surface area contributed by atoms with Crippen LogP contribution in [-0.4, -0.2) is 45.5 Å². The predicted octanol–water partition coefficient (Wildman–Crippen LogP) is 2.42. The number of nitrogens with one attached hydrogen (secondary N) is 1. The van der Waals surface area contributed by atoms with E-state index in [9.17, 15) is 18.5 Å². The highest BCUT2D eigenvalue weighted by Crippen LogP contribution is 2.30. The maximum absolute atomic E-state index is 12.8. The summed E-state index contributed by atoms with van der Waals surface area (Å²) < 4.78 is 33.7. The van der Waals surface area contributed by atoms with Gasteiger partial charge in [-0.1, -0.05) is 18.2 Å². The molecule has 2 aromatic carbocycles. The first kappa shape index (κ1) is 20.2. The molecule has 1 N–H and O–H groups in total. The van der Waals surface area contributed by atoms with E-state index in [1.165, 1.54) is 12.1 Å². The maximum atomic E-state index is 12.8. The molecule has 0 radical (unpaired) electrons. The van der Waals surface area contributed by atoms with Crippen molar-refractivity contribution in [1.82, 2.24) is 9.62 Å². The van der Waals surface area contributed by atoms with Crippen molar-refractivity contribution < 1.29 is 18.1 Å². The molecule has 8 nitrogen and oxygen atoms in total. The van der Waals surface area contributed by atoms with Gasteiger partial charge < -0.3 is 9.64 Å². The molecule has 9 heteroatoms. The summed E-state index contributed by atoms with van der Waals surface area (Å²) >= 11 is 0. The summed E-state index contributed by atoms with van der Waals surface area (Å²) in [6.45, 7) is 2.41. The molecular formula is C19H23N3O5S. The lowest BCUT2D eigenvalue weighted by Crippen LogP contribution is -2.34. The first-order chi connectivity index (χ1) is 13.2. The van der Waals surface area contributed by atoms with E-state index in [4.69, 9.17) is 4.74 Å². The lowest BCUT2D eigenvalue weighted by molar-refractivity contribution is -0.385. The van der Waals surface area contributed by atoms with Gasteiger partial charge in [0.2, 0.25) is 10.0 Å². The number of aryl methyl sites for hydroxylation is 1. The lowest BCUT2D eigenvalue weighted by Gasteiger charge is -2.25. The molecule has 0 fully saturated rings. The zero-order valence-electron chi connectivity index (χ0n) is 16.0. The number of nitrogens with zero attached hydrogens (tertiary/aromatic N) is 2. The van der Waals surface area contributed by atoms with Crippen molar-refractivity contribution in [3.05, 3.63) is 63.2 Å². The second kappa shape index (κ2) is 7.86. The maximum Gasteiger partial charge on any atom is 0.270 e. The zero-order chi connectivity index (χ0) is 20.5. The summed E-state index contributed by atoms with van der Waals surface area (Å²) in [5.41, 5.74) is 2.29. The van der Waals surface area contributed by atoms with Crippen molar-refractivity contribution in [3.63, 3.8) is 0 Å². The highest BCUT2D eigenvalue weighted by Gasteiger charge is 2.24. The Bertz CT molecular complexity index is 1000. The molecule has 1 aliphatic heterocycles. The molecular weight excluding hydrogens is 382 g/mol. The molecule has 0 spiro atoms. The number of hydrogen-bond donors (Lipinski definition) is 1. The molecule has 2 aromatic rings. The van der Waals surface area contributed by atoms with Gasteiger partial charge in [0, 0.05) is 31.1 Å². The van der Waals surface area contributed by atoms with E-state index < -0.39 is 14.9 Å². The largest absolute Gasteiger partial charge is 0.493 e. The van der Waals surface area contributed by atoms with E-state index in [0.717, 1.165) is 29.4 Å². The van der Waals surface area contributed by atoms with E-state index in [1.54, 1.807) is 6.92 Å². The van der Waals surface area contributed by atoms with Crippen LogP contribution < -0.4 is 9.46 Å². The highest BCUT2D eigenvalue weighted by molar-refractivity contribution is 7.89. The summed E-state index contributed by atoms with van der Waals surface area (Å²) in [6, 6.07) is 9.52. The van der Waals surface area contributed by atoms with Crippen LogP contribution in [0, 0.1) is 17.0 Å². The van der Waals surface area contributed by atoms with Crippen LogP contribution in [0.1, 0.15) is 22.7 Å². The molecule has 3 rings (SSSR count). The fourth-order valence-corrected chi connectivity index (χ4v) is 4.57. The second-order valence-electron chi connectivity index (χ2n) is 7.00. The number of sulfonamides is 1. The summed E-state index contributed by atoms with van der Waals surface area (Å²) in [5, 5.41) is 11.0. The quantitative estimate of drug-likeness (QED) is 0.561. The van der Waals surface area contributed by atoms with Crippen LogP contribution in [0.4, 0.5) is 5.69 Å². The summed E-state index contributed by atoms with van der Waals surface area (Å²) in [7, 11) is -0.148. The SMILES string of the molecule is Cc1ccc([N+](=O)[O-])cc1S(=O)(=O)NCC(c1ccc2c(c1)CCO2)N(C)C. The van der Waals surface area contributed by atoms with E-state index >= 15 is 0 Å². The molecule has 0 aliphatic carbocycles. The van der Waals surface area contributed by atoms with Crippen LogP contribution in [0.2, 0.25) is 0 Å². The van der Waals surface area contributed by atoms with Gasteiger partial charge in [0.1, 0.15) is 5.75 Å². The lowest BCUT2D eigenvalue weighted by atomic mass is 10.0. The first-order valence-corrected chi connectivity index (χ1v) is 10.3. The molecule has 0 saturated heterocycles. The van der Waals surface area contributed by atoms with Gasteiger partial charge >= 0.3 is 0 Å². The molecule has 150 valence electrons. The molecule has 0 amide bonds. The van der Waals surface area contributed by atoms with E-state index in [-0.39, 0.29) is 23.2 Å². The van der Waals surface area contributed by atoms with Gasteiger partial charge in [-0.25, -0.2) is 13.1 Å². The molecule has 1 unspecified atom stereocenters. The van der Waals surface area contributed by atoms with Crippen LogP contribution in [0.3, 0.4) is 0 Å². The molecule has 1 aliphatic rings. The Morgan fingerprint density at radius 3 is 2.68 bits per heavy atom. The number of hydrogen-bond acceptors (Lipinski definition) is 6. The topological polar surface area (TPSA) is 102 Å². The third kappa shape index (κ3) is 4.16. The molecule has 0 saturated carbocycles. The molecule has 1 atom stereocenters. The van der Waals surface area contributed by atoms with E-state index in [2.05, 4.69) is 4.72 Å². The van der Waals surface area contributed by atoms with Crippen LogP contribution in [0.15, 0.2) is 41.3 Å². The second-order valence-corrected chi connectivity index (χ2v) is 8.74. The van der Waals surface area contributed by atoms with Crippen LogP contribution in [0.5, 0.6) is 5.75 Å². The van der Waals surface area contributed by atoms with Gasteiger partial charge in [-0.05, 0) is 43.8 Å². The van der Waals surface area contributed by atoms with Crippen molar-refractivity contribution in [2.75, 3.05) is 27.2 Å². The van der Waals surface area contributed by atoms with Crippen molar-refractivity contribution in [2.45, 2.75) is 24.3 Å². The Morgan fingerprint density at radius 2 is 2.00 bits per heavy atom. The number of rotatable bonds is 7. The normalized spacial score (nSPS) is 14.6. The average Bonchev–Trinajstić information content (AvgIpc) is 3.09. The molecule has 0 bridgehead atoms. The van der Waals surface area contributed by atoms with E-state index in [0.29, 0.717) is 12.2 Å². The Balaban J connectivity index is 1.84. The van der Waals surface area contributed by atoms with Crippen molar-refractivity contribution in [2.24, 2.45) is 0 Å². The Kier molecular flexibility index (Phi) is 5.69. The monoisotopic (exact) mass is 405 g/mol. The van der Waals surface area contributed by atoms with Crippen molar-refractivity contribution in [3.8, 4) is 5.75 Å². The zero-order valence-corrected chi connectivity index (χ0v) is 16.8. The van der Waals surface area contributed by atoms with Crippen LogP contribution in [0.25, 0.3) is 0 Å². The van der Waals surface area contributed by atoms with Gasteiger partial charge in [0.05, 0.1) is 16.4 Å². The fourth-order valence-electron chi connectivity index (χ4n) is 3.27. The smallest absolute Gasteiger partial charge is 0.270 e. The van der Waals surface area contributed by atoms with Gasteiger partial charge in [-0.3, -0.25) is 10.1 Å². The number of fused-ring (bicyclic) bond motifs is 1. The predicted molar refractivity (Wildman–Crippen MR) is 105 cm³/mol. The number of non-ortho nitro benzene ring substituents is 1. The Morgan fingerprint density at radius 1 is 1.25 bits per heavy atom. The van der Waals surface area contributed by atoms with Gasteiger partial charge in [0.25, 0.3) is 5.69 Å². The standard InChI is InChI=1S/C19H23N3O5S/c1-13-4-6-16(22(23)24)11-19(13)28(25,26)20-12-17(21(2)3)14-5-7-18-15(10-14)8-9-27-18/h4-7,10-11,17,20H,8-9,12H2,1-3H3. The van der Waals surface area contributed by atoms with Crippen LogP contribution >= 0.6 is 0 Å². The van der Waals surface area contributed by atoms with Gasteiger partial charge in [-0.2, -0.15) is 0 Å². The minimum absolute atomic E-state index is 0.0819. The number of ether oxygens (including phenoxy) is 1. The minimum Gasteiger partial charge on any atom is -0.493 e. The van der Waals surface area contributed by atoms with Crippen LogP contribution in [-0.2, 0) is 16.4 Å². The van der Waals surface area contributed by atoms with Gasteiger partial charge in [0.15, 0.2) is 0 Å². The average molecular weight is 405 g/mol. The fraction of sp³-hybridized carbons (Fsp3) is 0.368. The molecule has 28 heavy (non-hydrogen) atoms. The molecule has 1 heterocycles. The Labute approximate surface area is 164 Å². The number of nitro benzene ring substituents is 1. The number of nitro groups is 1. The summed E-state index contributed by atoms with van der Waals surface area (Å²) in [5.74, 6) is 0.869. The first-order valence-electron chi connectivity index (χ1n) is 8.86. The summed E-state index contributed by atoms with van der Waals surface area (Å²) in [4.78, 5) is 12.2. The molecule has 0 aromatic heterocycles.